The Bertz CT molecular complexity index is 1040. The van der Waals surface area contributed by atoms with Crippen LogP contribution in [0.25, 0.3) is 0 Å². The Morgan fingerprint density at radius 1 is 1.34 bits per heavy atom. The third-order valence-electron chi connectivity index (χ3n) is 5.36. The average molecular weight is 472 g/mol. The van der Waals surface area contributed by atoms with Gasteiger partial charge in [-0.1, -0.05) is 11.6 Å². The third-order valence-corrected chi connectivity index (χ3v) is 5.67. The molecular formula is C20H21ClF3N5O3. The molecule has 1 aromatic heterocycles. The molecule has 172 valence electrons. The van der Waals surface area contributed by atoms with Gasteiger partial charge in [0.25, 0.3) is 5.91 Å². The number of alkyl halides is 3. The summed E-state index contributed by atoms with van der Waals surface area (Å²) in [6.45, 7) is 4.43. The highest BCUT2D eigenvalue weighted by Gasteiger charge is 2.51. The van der Waals surface area contributed by atoms with E-state index >= 15 is 0 Å². The summed E-state index contributed by atoms with van der Waals surface area (Å²) in [4.78, 5) is 22.3. The van der Waals surface area contributed by atoms with Crippen LogP contribution in [0, 0.1) is 5.41 Å². The Morgan fingerprint density at radius 2 is 2.06 bits per heavy atom. The summed E-state index contributed by atoms with van der Waals surface area (Å²) in [5.74, 6) is -0.384. The molecule has 0 bridgehead atoms. The van der Waals surface area contributed by atoms with Gasteiger partial charge in [-0.15, -0.1) is 0 Å². The lowest BCUT2D eigenvalue weighted by Crippen LogP contribution is -2.67. The van der Waals surface area contributed by atoms with Gasteiger partial charge in [0.05, 0.1) is 42.0 Å². The first kappa shape index (κ1) is 22.4. The number of hydrogen-bond acceptors (Lipinski definition) is 7. The monoisotopic (exact) mass is 471 g/mol. The molecule has 0 aliphatic carbocycles. The van der Waals surface area contributed by atoms with Gasteiger partial charge in [0, 0.05) is 31.9 Å². The Hall–Kier alpha value is -2.79. The first-order chi connectivity index (χ1) is 15.2. The van der Waals surface area contributed by atoms with Gasteiger partial charge in [-0.05, 0) is 13.0 Å². The van der Waals surface area contributed by atoms with Crippen LogP contribution in [0.4, 0.5) is 30.6 Å². The van der Waals surface area contributed by atoms with Crippen molar-refractivity contribution in [2.75, 3.05) is 50.6 Å². The SMILES string of the molecule is CCNc1nc(Nc2cc(OC)c(C(=O)N3CC4(COC4)C3)cc2Cl)ncc1C(F)(F)F. The van der Waals surface area contributed by atoms with Crippen molar-refractivity contribution in [1.29, 1.82) is 0 Å². The number of ether oxygens (including phenoxy) is 2. The topological polar surface area (TPSA) is 88.6 Å². The van der Waals surface area contributed by atoms with Crippen molar-refractivity contribution >= 4 is 35.0 Å². The summed E-state index contributed by atoms with van der Waals surface area (Å²) in [6.07, 6.45) is -3.90. The second-order valence-corrected chi connectivity index (χ2v) is 8.20. The predicted octanol–water partition coefficient (Wildman–Crippen LogP) is 3.81. The molecule has 1 amide bonds. The van der Waals surface area contributed by atoms with Crippen molar-refractivity contribution in [3.05, 3.63) is 34.5 Å². The summed E-state index contributed by atoms with van der Waals surface area (Å²) < 4.78 is 50.1. The van der Waals surface area contributed by atoms with E-state index in [0.717, 1.165) is 0 Å². The maximum atomic E-state index is 13.2. The number of aromatic nitrogens is 2. The Kier molecular flexibility index (Phi) is 5.80. The fourth-order valence-corrected chi connectivity index (χ4v) is 3.92. The van der Waals surface area contributed by atoms with Crippen LogP contribution in [0.1, 0.15) is 22.8 Å². The van der Waals surface area contributed by atoms with Crippen molar-refractivity contribution in [2.24, 2.45) is 5.41 Å². The number of benzene rings is 1. The maximum Gasteiger partial charge on any atom is 0.421 e. The average Bonchev–Trinajstić information content (AvgIpc) is 2.66. The van der Waals surface area contributed by atoms with E-state index in [-0.39, 0.29) is 46.1 Å². The molecule has 12 heteroatoms. The Morgan fingerprint density at radius 3 is 2.62 bits per heavy atom. The third kappa shape index (κ3) is 4.14. The molecule has 0 radical (unpaired) electrons. The van der Waals surface area contributed by atoms with Crippen LogP contribution in [0.3, 0.4) is 0 Å². The van der Waals surface area contributed by atoms with Crippen LogP contribution in [0.15, 0.2) is 18.3 Å². The van der Waals surface area contributed by atoms with Gasteiger partial charge in [-0.2, -0.15) is 18.2 Å². The summed E-state index contributed by atoms with van der Waals surface area (Å²) in [5, 5.41) is 5.55. The number of carbonyl (C=O) groups is 1. The number of methoxy groups -OCH3 is 1. The van der Waals surface area contributed by atoms with Crippen molar-refractivity contribution in [3.63, 3.8) is 0 Å². The molecule has 2 N–H and O–H groups in total. The molecule has 1 spiro atoms. The highest BCUT2D eigenvalue weighted by Crippen LogP contribution is 2.40. The van der Waals surface area contributed by atoms with Crippen LogP contribution in [0.2, 0.25) is 5.02 Å². The first-order valence-electron chi connectivity index (χ1n) is 9.85. The predicted molar refractivity (Wildman–Crippen MR) is 112 cm³/mol. The van der Waals surface area contributed by atoms with Gasteiger partial charge < -0.3 is 25.0 Å². The minimum atomic E-state index is -4.60. The zero-order valence-electron chi connectivity index (χ0n) is 17.3. The molecule has 2 saturated heterocycles. The van der Waals surface area contributed by atoms with Gasteiger partial charge in [0.2, 0.25) is 5.95 Å². The normalized spacial score (nSPS) is 16.9. The number of nitrogens with zero attached hydrogens (tertiary/aromatic N) is 3. The number of nitrogens with one attached hydrogen (secondary N) is 2. The fraction of sp³-hybridized carbons (Fsp3) is 0.450. The van der Waals surface area contributed by atoms with Crippen LogP contribution in [-0.4, -0.2) is 60.7 Å². The van der Waals surface area contributed by atoms with E-state index in [0.29, 0.717) is 38.1 Å². The fourth-order valence-electron chi connectivity index (χ4n) is 3.71. The zero-order valence-corrected chi connectivity index (χ0v) is 18.1. The van der Waals surface area contributed by atoms with Gasteiger partial charge in [-0.3, -0.25) is 4.79 Å². The summed E-state index contributed by atoms with van der Waals surface area (Å²) in [5.41, 5.74) is -0.327. The molecule has 0 atom stereocenters. The molecule has 1 aromatic carbocycles. The van der Waals surface area contributed by atoms with E-state index in [4.69, 9.17) is 21.1 Å². The standard InChI is InChI=1S/C20H21ClF3N5O3/c1-3-25-16-12(20(22,23)24)6-26-18(28-16)27-14-5-15(31-2)11(4-13(14)21)17(30)29-7-19(8-29)9-32-10-19/h4-6H,3,7-10H2,1-2H3,(H2,25,26,27,28). The number of rotatable bonds is 6. The molecule has 8 nitrogen and oxygen atoms in total. The van der Waals surface area contributed by atoms with Gasteiger partial charge >= 0.3 is 6.18 Å². The summed E-state index contributed by atoms with van der Waals surface area (Å²) in [7, 11) is 1.42. The number of carbonyl (C=O) groups excluding carboxylic acids is 1. The second-order valence-electron chi connectivity index (χ2n) is 7.80. The smallest absolute Gasteiger partial charge is 0.421 e. The van der Waals surface area contributed by atoms with Crippen LogP contribution >= 0.6 is 11.6 Å². The quantitative estimate of drug-likeness (QED) is 0.662. The van der Waals surface area contributed by atoms with Gasteiger partial charge in [-0.25, -0.2) is 4.98 Å². The number of hydrogen-bond donors (Lipinski definition) is 2. The van der Waals surface area contributed by atoms with E-state index in [1.165, 1.54) is 19.2 Å². The second kappa shape index (κ2) is 8.28. The van der Waals surface area contributed by atoms with E-state index in [2.05, 4.69) is 20.6 Å². The minimum Gasteiger partial charge on any atom is -0.496 e. The van der Waals surface area contributed by atoms with Crippen molar-refractivity contribution in [2.45, 2.75) is 13.1 Å². The maximum absolute atomic E-state index is 13.2. The summed E-state index contributed by atoms with van der Waals surface area (Å²) >= 11 is 6.36. The molecule has 4 rings (SSSR count). The molecule has 2 aliphatic heterocycles. The molecule has 2 fully saturated rings. The number of anilines is 3. The van der Waals surface area contributed by atoms with Gasteiger partial charge in [0.1, 0.15) is 17.1 Å². The number of amides is 1. The van der Waals surface area contributed by atoms with E-state index in [1.807, 2.05) is 0 Å². The molecule has 2 aromatic rings. The Labute approximate surface area is 187 Å². The lowest BCUT2D eigenvalue weighted by atomic mass is 9.78. The van der Waals surface area contributed by atoms with Crippen molar-refractivity contribution in [1.82, 2.24) is 14.9 Å². The van der Waals surface area contributed by atoms with E-state index < -0.39 is 11.7 Å². The highest BCUT2D eigenvalue weighted by molar-refractivity contribution is 6.33. The lowest BCUT2D eigenvalue weighted by Gasteiger charge is -2.54. The minimum absolute atomic E-state index is 0.0678. The molecule has 0 saturated carbocycles. The van der Waals surface area contributed by atoms with Crippen LogP contribution in [-0.2, 0) is 10.9 Å². The van der Waals surface area contributed by atoms with Crippen molar-refractivity contribution in [3.8, 4) is 5.75 Å². The zero-order chi connectivity index (χ0) is 23.1. The van der Waals surface area contributed by atoms with E-state index in [1.54, 1.807) is 11.8 Å². The largest absolute Gasteiger partial charge is 0.496 e. The molecule has 0 unspecified atom stereocenters. The number of halogens is 4. The highest BCUT2D eigenvalue weighted by atomic mass is 35.5. The molecule has 2 aliphatic rings. The lowest BCUT2D eigenvalue weighted by molar-refractivity contribution is -0.176. The molecule has 32 heavy (non-hydrogen) atoms. The first-order valence-corrected chi connectivity index (χ1v) is 10.2. The molecule has 3 heterocycles. The molecular weight excluding hydrogens is 451 g/mol. The van der Waals surface area contributed by atoms with E-state index in [9.17, 15) is 18.0 Å². The van der Waals surface area contributed by atoms with Crippen molar-refractivity contribution < 1.29 is 27.4 Å². The van der Waals surface area contributed by atoms with Crippen LogP contribution < -0.4 is 15.4 Å². The number of likely N-dealkylation sites (tertiary alicyclic amines) is 1. The van der Waals surface area contributed by atoms with Crippen LogP contribution in [0.5, 0.6) is 5.75 Å². The Balaban J connectivity index is 1.57. The summed E-state index contributed by atoms with van der Waals surface area (Å²) in [6, 6.07) is 2.95. The van der Waals surface area contributed by atoms with Gasteiger partial charge in [0.15, 0.2) is 0 Å².